The fourth-order valence-corrected chi connectivity index (χ4v) is 4.28. The summed E-state index contributed by atoms with van der Waals surface area (Å²) in [6, 6.07) is 3.69. The number of urea groups is 1. The van der Waals surface area contributed by atoms with Crippen molar-refractivity contribution in [2.24, 2.45) is 0 Å². The van der Waals surface area contributed by atoms with Crippen LogP contribution in [0.4, 0.5) is 4.79 Å². The molecule has 2 aromatic rings. The van der Waals surface area contributed by atoms with Crippen LogP contribution in [-0.4, -0.2) is 58.6 Å². The second-order valence-corrected chi connectivity index (χ2v) is 8.33. The molecule has 2 N–H and O–H groups in total. The van der Waals surface area contributed by atoms with Gasteiger partial charge in [0.15, 0.2) is 0 Å². The van der Waals surface area contributed by atoms with Crippen LogP contribution < -0.4 is 5.32 Å². The minimum atomic E-state index is -0.726. The van der Waals surface area contributed by atoms with Crippen LogP contribution in [0, 0.1) is 0 Å². The maximum absolute atomic E-state index is 13.2. The van der Waals surface area contributed by atoms with E-state index in [0.717, 1.165) is 5.69 Å². The highest BCUT2D eigenvalue weighted by atomic mass is 35.5. The number of carbonyl (C=O) groups excluding carboxylic acids is 2. The number of fused-ring (bicyclic) bond motifs is 1. The fourth-order valence-electron chi connectivity index (χ4n) is 3.40. The SMILES string of the molecule is COC(=O)[C@@H](CCSC)NC(=O)N1CCc2[nH]cnc2[C@@H]1c1cccc(Cl)c1Cl. The third-order valence-corrected chi connectivity index (χ3v) is 6.33. The molecule has 0 spiro atoms. The van der Waals surface area contributed by atoms with Gasteiger partial charge in [0, 0.05) is 24.2 Å². The van der Waals surface area contributed by atoms with Crippen LogP contribution in [0.5, 0.6) is 0 Å². The number of esters is 1. The van der Waals surface area contributed by atoms with E-state index in [9.17, 15) is 9.59 Å². The number of aromatic nitrogens is 2. The minimum Gasteiger partial charge on any atom is -0.467 e. The highest BCUT2D eigenvalue weighted by Gasteiger charge is 2.37. The van der Waals surface area contributed by atoms with E-state index in [1.165, 1.54) is 7.11 Å². The number of rotatable bonds is 6. The van der Waals surface area contributed by atoms with E-state index < -0.39 is 18.1 Å². The molecular weight excluding hydrogens is 435 g/mol. The van der Waals surface area contributed by atoms with Gasteiger partial charge in [-0.1, -0.05) is 35.3 Å². The van der Waals surface area contributed by atoms with Crippen molar-refractivity contribution in [2.75, 3.05) is 25.7 Å². The number of amides is 2. The monoisotopic (exact) mass is 456 g/mol. The van der Waals surface area contributed by atoms with E-state index in [1.807, 2.05) is 12.3 Å². The third-order valence-electron chi connectivity index (χ3n) is 4.86. The molecule has 0 aliphatic carbocycles. The Labute approximate surface area is 183 Å². The van der Waals surface area contributed by atoms with Crippen LogP contribution in [0.2, 0.25) is 10.0 Å². The van der Waals surface area contributed by atoms with Crippen molar-refractivity contribution in [1.29, 1.82) is 0 Å². The first-order chi connectivity index (χ1) is 14.0. The molecule has 2 heterocycles. The number of imidazole rings is 1. The molecule has 2 amide bonds. The van der Waals surface area contributed by atoms with Gasteiger partial charge >= 0.3 is 12.0 Å². The summed E-state index contributed by atoms with van der Waals surface area (Å²) >= 11 is 14.3. The summed E-state index contributed by atoms with van der Waals surface area (Å²) in [5, 5.41) is 3.59. The molecule has 7 nitrogen and oxygen atoms in total. The van der Waals surface area contributed by atoms with E-state index in [-0.39, 0.29) is 6.03 Å². The number of nitrogens with one attached hydrogen (secondary N) is 2. The Kier molecular flexibility index (Phi) is 7.32. The van der Waals surface area contributed by atoms with Gasteiger partial charge in [0.05, 0.1) is 29.2 Å². The van der Waals surface area contributed by atoms with E-state index in [2.05, 4.69) is 15.3 Å². The van der Waals surface area contributed by atoms with E-state index in [1.54, 1.807) is 35.1 Å². The predicted octanol–water partition coefficient (Wildman–Crippen LogP) is 3.67. The van der Waals surface area contributed by atoms with Crippen molar-refractivity contribution < 1.29 is 14.3 Å². The zero-order chi connectivity index (χ0) is 21.0. The topological polar surface area (TPSA) is 87.3 Å². The molecule has 0 unspecified atom stereocenters. The first-order valence-corrected chi connectivity index (χ1v) is 11.2. The van der Waals surface area contributed by atoms with Crippen molar-refractivity contribution in [1.82, 2.24) is 20.2 Å². The number of carbonyl (C=O) groups is 2. The Hall–Kier alpha value is -1.90. The number of aromatic amines is 1. The maximum Gasteiger partial charge on any atom is 0.328 e. The van der Waals surface area contributed by atoms with Gasteiger partial charge < -0.3 is 19.9 Å². The highest BCUT2D eigenvalue weighted by Crippen LogP contribution is 2.39. The molecule has 29 heavy (non-hydrogen) atoms. The molecular formula is C19H22Cl2N4O3S. The lowest BCUT2D eigenvalue weighted by Gasteiger charge is -2.36. The predicted molar refractivity (Wildman–Crippen MR) is 115 cm³/mol. The minimum absolute atomic E-state index is 0.375. The highest BCUT2D eigenvalue weighted by molar-refractivity contribution is 7.98. The number of hydrogen-bond acceptors (Lipinski definition) is 5. The lowest BCUT2D eigenvalue weighted by Crippen LogP contribution is -2.51. The van der Waals surface area contributed by atoms with Gasteiger partial charge in [0.2, 0.25) is 0 Å². The molecule has 156 valence electrons. The van der Waals surface area contributed by atoms with Crippen LogP contribution in [0.15, 0.2) is 24.5 Å². The number of halogens is 2. The normalized spacial score (nSPS) is 16.8. The maximum atomic E-state index is 13.2. The standard InChI is InChI=1S/C19H22Cl2N4O3S/c1-28-18(26)14(7-9-29-2)24-19(27)25-8-6-13-16(23-10-22-13)17(25)11-4-3-5-12(20)15(11)21/h3-5,10,14,17H,6-9H2,1-2H3,(H,22,23)(H,24,27)/t14-,17+/m1/s1. The van der Waals surface area contributed by atoms with Crippen LogP contribution in [0.25, 0.3) is 0 Å². The molecule has 0 radical (unpaired) electrons. The summed E-state index contributed by atoms with van der Waals surface area (Å²) in [5.41, 5.74) is 2.34. The van der Waals surface area contributed by atoms with Gasteiger partial charge in [-0.3, -0.25) is 0 Å². The van der Waals surface area contributed by atoms with E-state index >= 15 is 0 Å². The Bertz CT molecular complexity index is 892. The van der Waals surface area contributed by atoms with E-state index in [4.69, 9.17) is 27.9 Å². The zero-order valence-corrected chi connectivity index (χ0v) is 18.4. The number of methoxy groups -OCH3 is 1. The molecule has 0 bridgehead atoms. The molecule has 3 rings (SSSR count). The molecule has 10 heteroatoms. The lowest BCUT2D eigenvalue weighted by molar-refractivity contribution is -0.142. The largest absolute Gasteiger partial charge is 0.467 e. The van der Waals surface area contributed by atoms with Gasteiger partial charge in [-0.25, -0.2) is 14.6 Å². The Morgan fingerprint density at radius 2 is 2.24 bits per heavy atom. The molecule has 0 saturated carbocycles. The number of nitrogens with zero attached hydrogens (tertiary/aromatic N) is 2. The van der Waals surface area contributed by atoms with Crippen molar-refractivity contribution in [3.8, 4) is 0 Å². The average Bonchev–Trinajstić information content (AvgIpc) is 3.20. The summed E-state index contributed by atoms with van der Waals surface area (Å²) in [6.45, 7) is 0.435. The average molecular weight is 457 g/mol. The number of ether oxygens (including phenoxy) is 1. The number of benzene rings is 1. The van der Waals surface area contributed by atoms with E-state index in [0.29, 0.717) is 46.4 Å². The molecule has 0 saturated heterocycles. The quantitative estimate of drug-likeness (QED) is 0.647. The van der Waals surface area contributed by atoms with Crippen molar-refractivity contribution in [2.45, 2.75) is 24.9 Å². The van der Waals surface area contributed by atoms with Crippen molar-refractivity contribution in [3.63, 3.8) is 0 Å². The summed E-state index contributed by atoms with van der Waals surface area (Å²) in [5.74, 6) is 0.245. The van der Waals surface area contributed by atoms with Gasteiger partial charge in [-0.2, -0.15) is 11.8 Å². The summed E-state index contributed by atoms with van der Waals surface area (Å²) in [6.07, 6.45) is 4.64. The first-order valence-electron chi connectivity index (χ1n) is 9.07. The Morgan fingerprint density at radius 3 is 2.97 bits per heavy atom. The smallest absolute Gasteiger partial charge is 0.328 e. The second kappa shape index (κ2) is 9.73. The van der Waals surface area contributed by atoms with Crippen molar-refractivity contribution in [3.05, 3.63) is 51.5 Å². The molecule has 1 aromatic carbocycles. The van der Waals surface area contributed by atoms with Crippen LogP contribution in [0.3, 0.4) is 0 Å². The first kappa shape index (κ1) is 21.8. The lowest BCUT2D eigenvalue weighted by atomic mass is 9.96. The number of H-pyrrole nitrogens is 1. The van der Waals surface area contributed by atoms with Gasteiger partial charge in [0.1, 0.15) is 12.1 Å². The van der Waals surface area contributed by atoms with Crippen LogP contribution in [0.1, 0.15) is 29.4 Å². The third kappa shape index (κ3) is 4.65. The van der Waals surface area contributed by atoms with Crippen molar-refractivity contribution >= 4 is 47.0 Å². The molecule has 1 aliphatic heterocycles. The summed E-state index contributed by atoms with van der Waals surface area (Å²) in [4.78, 5) is 34.5. The second-order valence-electron chi connectivity index (χ2n) is 6.56. The zero-order valence-electron chi connectivity index (χ0n) is 16.1. The summed E-state index contributed by atoms with van der Waals surface area (Å²) in [7, 11) is 1.31. The fraction of sp³-hybridized carbons (Fsp3) is 0.421. The summed E-state index contributed by atoms with van der Waals surface area (Å²) < 4.78 is 4.85. The Morgan fingerprint density at radius 1 is 1.45 bits per heavy atom. The van der Waals surface area contributed by atoms with Gasteiger partial charge in [-0.05, 0) is 24.5 Å². The molecule has 0 fully saturated rings. The van der Waals surface area contributed by atoms with Gasteiger partial charge in [0.25, 0.3) is 0 Å². The molecule has 1 aromatic heterocycles. The Balaban J connectivity index is 1.93. The van der Waals surface area contributed by atoms with Gasteiger partial charge in [-0.15, -0.1) is 0 Å². The molecule has 2 atom stereocenters. The number of thioether (sulfide) groups is 1. The van der Waals surface area contributed by atoms with Crippen LogP contribution in [-0.2, 0) is 16.0 Å². The van der Waals surface area contributed by atoms with Crippen LogP contribution >= 0.6 is 35.0 Å². The number of hydrogen-bond donors (Lipinski definition) is 2. The molecule has 1 aliphatic rings.